The fourth-order valence-electron chi connectivity index (χ4n) is 2.75. The van der Waals surface area contributed by atoms with Gasteiger partial charge in [0.1, 0.15) is 0 Å². The van der Waals surface area contributed by atoms with Gasteiger partial charge in [-0.15, -0.1) is 0 Å². The molecule has 0 aromatic heterocycles. The molecule has 4 nitrogen and oxygen atoms in total. The quantitative estimate of drug-likeness (QED) is 0.907. The summed E-state index contributed by atoms with van der Waals surface area (Å²) in [6.07, 6.45) is 4.36. The molecule has 0 spiro atoms. The van der Waals surface area contributed by atoms with E-state index in [-0.39, 0.29) is 0 Å². The summed E-state index contributed by atoms with van der Waals surface area (Å²) in [6.45, 7) is 4.12. The van der Waals surface area contributed by atoms with Gasteiger partial charge < -0.3 is 5.32 Å². The zero-order chi connectivity index (χ0) is 14.2. The maximum Gasteiger partial charge on any atom is 0.243 e. The van der Waals surface area contributed by atoms with E-state index in [0.29, 0.717) is 23.9 Å². The van der Waals surface area contributed by atoms with Crippen LogP contribution in [0, 0.1) is 5.92 Å². The van der Waals surface area contributed by atoms with Crippen LogP contribution in [0.25, 0.3) is 0 Å². The Bertz CT molecular complexity index is 594. The van der Waals surface area contributed by atoms with Gasteiger partial charge >= 0.3 is 0 Å². The maximum absolute atomic E-state index is 12.7. The average molecular weight is 294 g/mol. The van der Waals surface area contributed by atoms with Crippen molar-refractivity contribution in [2.75, 3.05) is 25.0 Å². The Morgan fingerprint density at radius 2 is 2.15 bits per heavy atom. The Balaban J connectivity index is 1.89. The highest BCUT2D eigenvalue weighted by molar-refractivity contribution is 7.89. The zero-order valence-electron chi connectivity index (χ0n) is 11.9. The first-order valence-electron chi connectivity index (χ1n) is 7.48. The number of benzene rings is 1. The predicted molar refractivity (Wildman–Crippen MR) is 80.4 cm³/mol. The van der Waals surface area contributed by atoms with Crippen molar-refractivity contribution in [3.63, 3.8) is 0 Å². The molecule has 110 valence electrons. The van der Waals surface area contributed by atoms with Gasteiger partial charge in [-0.2, -0.15) is 4.31 Å². The highest BCUT2D eigenvalue weighted by Gasteiger charge is 2.31. The van der Waals surface area contributed by atoms with Gasteiger partial charge in [0.25, 0.3) is 0 Å². The molecule has 0 atom stereocenters. The first kappa shape index (κ1) is 13.9. The molecule has 5 heteroatoms. The maximum atomic E-state index is 12.7. The van der Waals surface area contributed by atoms with Crippen LogP contribution in [0.5, 0.6) is 0 Å². The highest BCUT2D eigenvalue weighted by Crippen LogP contribution is 2.32. The second kappa shape index (κ2) is 5.37. The van der Waals surface area contributed by atoms with Gasteiger partial charge in [0, 0.05) is 25.3 Å². The second-order valence-electron chi connectivity index (χ2n) is 5.75. The Labute approximate surface area is 121 Å². The molecule has 3 rings (SSSR count). The lowest BCUT2D eigenvalue weighted by Crippen LogP contribution is -2.33. The van der Waals surface area contributed by atoms with Gasteiger partial charge in [0.15, 0.2) is 0 Å². The standard InChI is InChI=1S/C15H22N2O2S/c1-2-17(11-12-5-6-12)20(18,19)14-7-8-15-13(10-14)4-3-9-16-15/h7-8,10,12,16H,2-6,9,11H2,1H3. The first-order valence-corrected chi connectivity index (χ1v) is 8.92. The summed E-state index contributed by atoms with van der Waals surface area (Å²) in [7, 11) is -3.33. The van der Waals surface area contributed by atoms with Crippen LogP contribution < -0.4 is 5.32 Å². The molecule has 1 aromatic carbocycles. The molecule has 1 aromatic rings. The Morgan fingerprint density at radius 3 is 2.85 bits per heavy atom. The van der Waals surface area contributed by atoms with Crippen molar-refractivity contribution >= 4 is 15.7 Å². The summed E-state index contributed by atoms with van der Waals surface area (Å²) >= 11 is 0. The van der Waals surface area contributed by atoms with E-state index in [0.717, 1.165) is 30.6 Å². The van der Waals surface area contributed by atoms with Crippen LogP contribution in [0.4, 0.5) is 5.69 Å². The largest absolute Gasteiger partial charge is 0.385 e. The van der Waals surface area contributed by atoms with Gasteiger partial charge in [0.05, 0.1) is 4.90 Å². The number of hydrogen-bond acceptors (Lipinski definition) is 3. The second-order valence-corrected chi connectivity index (χ2v) is 7.69. The summed E-state index contributed by atoms with van der Waals surface area (Å²) in [5.41, 5.74) is 2.21. The van der Waals surface area contributed by atoms with Gasteiger partial charge in [0.2, 0.25) is 10.0 Å². The van der Waals surface area contributed by atoms with Crippen molar-refractivity contribution in [1.82, 2.24) is 4.31 Å². The molecule has 1 aliphatic carbocycles. The van der Waals surface area contributed by atoms with Crippen LogP contribution in [0.1, 0.15) is 31.7 Å². The SMILES string of the molecule is CCN(CC1CC1)S(=O)(=O)c1ccc2c(c1)CCCN2. The number of hydrogen-bond donors (Lipinski definition) is 1. The zero-order valence-corrected chi connectivity index (χ0v) is 12.7. The van der Waals surface area contributed by atoms with E-state index < -0.39 is 10.0 Å². The van der Waals surface area contributed by atoms with E-state index in [1.165, 1.54) is 12.8 Å². The number of sulfonamides is 1. The third-order valence-corrected chi connectivity index (χ3v) is 6.10. The summed E-state index contributed by atoms with van der Waals surface area (Å²) in [6, 6.07) is 5.50. The Hall–Kier alpha value is -1.07. The Kier molecular flexibility index (Phi) is 3.73. The van der Waals surface area contributed by atoms with Crippen molar-refractivity contribution < 1.29 is 8.42 Å². The van der Waals surface area contributed by atoms with Gasteiger partial charge in [-0.3, -0.25) is 0 Å². The summed E-state index contributed by atoms with van der Waals surface area (Å²) < 4.78 is 27.1. The fraction of sp³-hybridized carbons (Fsp3) is 0.600. The molecule has 1 aliphatic heterocycles. The van der Waals surface area contributed by atoms with Gasteiger partial charge in [-0.25, -0.2) is 8.42 Å². The van der Waals surface area contributed by atoms with Crippen molar-refractivity contribution in [3.8, 4) is 0 Å². The molecular weight excluding hydrogens is 272 g/mol. The van der Waals surface area contributed by atoms with Crippen molar-refractivity contribution in [2.45, 2.75) is 37.5 Å². The molecule has 0 radical (unpaired) electrons. The normalized spacial score (nSPS) is 18.7. The first-order chi connectivity index (χ1) is 9.61. The van der Waals surface area contributed by atoms with E-state index in [1.54, 1.807) is 10.4 Å². The van der Waals surface area contributed by atoms with Crippen molar-refractivity contribution in [1.29, 1.82) is 0 Å². The molecule has 1 saturated carbocycles. The van der Waals surface area contributed by atoms with E-state index in [2.05, 4.69) is 5.32 Å². The lowest BCUT2D eigenvalue weighted by Gasteiger charge is -2.23. The third kappa shape index (κ3) is 2.69. The third-order valence-electron chi connectivity index (χ3n) is 4.16. The summed E-state index contributed by atoms with van der Waals surface area (Å²) in [5, 5.41) is 3.32. The fourth-order valence-corrected chi connectivity index (χ4v) is 4.32. The van der Waals surface area contributed by atoms with Gasteiger partial charge in [-0.1, -0.05) is 6.92 Å². The van der Waals surface area contributed by atoms with Crippen LogP contribution in [0.15, 0.2) is 23.1 Å². The molecule has 1 fully saturated rings. The molecule has 1 heterocycles. The lowest BCUT2D eigenvalue weighted by molar-refractivity contribution is 0.412. The number of anilines is 1. The molecule has 0 amide bonds. The molecular formula is C15H22N2O2S. The minimum atomic E-state index is -3.33. The number of rotatable bonds is 5. The van der Waals surface area contributed by atoms with Crippen molar-refractivity contribution in [3.05, 3.63) is 23.8 Å². The number of nitrogens with zero attached hydrogens (tertiary/aromatic N) is 1. The van der Waals surface area contributed by atoms with Gasteiger partial charge in [-0.05, 0) is 55.4 Å². The number of aryl methyl sites for hydroxylation is 1. The van der Waals surface area contributed by atoms with Crippen LogP contribution in [0.3, 0.4) is 0 Å². The number of fused-ring (bicyclic) bond motifs is 1. The summed E-state index contributed by atoms with van der Waals surface area (Å²) in [5.74, 6) is 0.573. The molecule has 0 bridgehead atoms. The van der Waals surface area contributed by atoms with Crippen LogP contribution in [-0.2, 0) is 16.4 Å². The predicted octanol–water partition coefficient (Wildman–Crippen LogP) is 2.47. The summed E-state index contributed by atoms with van der Waals surface area (Å²) in [4.78, 5) is 0.447. The topological polar surface area (TPSA) is 49.4 Å². The van der Waals surface area contributed by atoms with E-state index in [4.69, 9.17) is 0 Å². The van der Waals surface area contributed by atoms with E-state index >= 15 is 0 Å². The minimum absolute atomic E-state index is 0.447. The molecule has 0 saturated heterocycles. The van der Waals surface area contributed by atoms with Crippen LogP contribution in [-0.4, -0.2) is 32.4 Å². The smallest absolute Gasteiger partial charge is 0.243 e. The Morgan fingerprint density at radius 1 is 1.35 bits per heavy atom. The molecule has 0 unspecified atom stereocenters. The number of nitrogens with one attached hydrogen (secondary N) is 1. The minimum Gasteiger partial charge on any atom is -0.385 e. The van der Waals surface area contributed by atoms with E-state index in [1.807, 2.05) is 19.1 Å². The lowest BCUT2D eigenvalue weighted by atomic mass is 10.0. The van der Waals surface area contributed by atoms with Crippen molar-refractivity contribution in [2.24, 2.45) is 5.92 Å². The highest BCUT2D eigenvalue weighted by atomic mass is 32.2. The molecule has 20 heavy (non-hydrogen) atoms. The average Bonchev–Trinajstić information content (AvgIpc) is 3.28. The molecule has 2 aliphatic rings. The van der Waals surface area contributed by atoms with Crippen LogP contribution in [0.2, 0.25) is 0 Å². The van der Waals surface area contributed by atoms with Crippen LogP contribution >= 0.6 is 0 Å². The monoisotopic (exact) mass is 294 g/mol. The van der Waals surface area contributed by atoms with E-state index in [9.17, 15) is 8.42 Å². The molecule has 1 N–H and O–H groups in total.